The van der Waals surface area contributed by atoms with E-state index in [0.717, 1.165) is 0 Å². The molecule has 104 valence electrons. The van der Waals surface area contributed by atoms with Gasteiger partial charge in [0.1, 0.15) is 22.8 Å². The molecule has 0 atom stereocenters. The predicted molar refractivity (Wildman–Crippen MR) is 68.8 cm³/mol. The summed E-state index contributed by atoms with van der Waals surface area (Å²) in [6.07, 6.45) is 0.861. The zero-order valence-corrected chi connectivity index (χ0v) is 11.1. The van der Waals surface area contributed by atoms with E-state index < -0.39 is 5.60 Å². The molecule has 0 saturated carbocycles. The van der Waals surface area contributed by atoms with Crippen LogP contribution in [-0.4, -0.2) is 33.3 Å². The second-order valence-corrected chi connectivity index (χ2v) is 5.43. The van der Waals surface area contributed by atoms with Gasteiger partial charge in [0, 0.05) is 18.1 Å². The molecular weight excluding hydrogens is 248 g/mol. The molecule has 0 saturated heterocycles. The number of hydrogen-bond donors (Lipinski definition) is 3. The van der Waals surface area contributed by atoms with Crippen LogP contribution in [0.25, 0.3) is 0 Å². The number of carbonyl (C=O) groups is 1. The van der Waals surface area contributed by atoms with Crippen LogP contribution in [0, 0.1) is 0 Å². The van der Waals surface area contributed by atoms with E-state index in [1.165, 1.54) is 6.07 Å². The third-order valence-electron chi connectivity index (χ3n) is 3.20. The smallest absolute Gasteiger partial charge is 0.173 e. The molecule has 5 heteroatoms. The van der Waals surface area contributed by atoms with Gasteiger partial charge in [0.25, 0.3) is 0 Å². The fourth-order valence-corrected chi connectivity index (χ4v) is 2.11. The zero-order valence-electron chi connectivity index (χ0n) is 11.1. The van der Waals surface area contributed by atoms with Crippen molar-refractivity contribution >= 4 is 5.78 Å². The van der Waals surface area contributed by atoms with Gasteiger partial charge in [0.2, 0.25) is 0 Å². The van der Waals surface area contributed by atoms with Crippen LogP contribution < -0.4 is 4.74 Å². The van der Waals surface area contributed by atoms with Crippen molar-refractivity contribution in [2.24, 2.45) is 0 Å². The fourth-order valence-electron chi connectivity index (χ4n) is 2.11. The van der Waals surface area contributed by atoms with Gasteiger partial charge in [0.15, 0.2) is 5.78 Å². The average Bonchev–Trinajstić information content (AvgIpc) is 2.26. The van der Waals surface area contributed by atoms with E-state index in [1.807, 2.05) is 0 Å². The van der Waals surface area contributed by atoms with Crippen molar-refractivity contribution in [3.8, 4) is 17.2 Å². The van der Waals surface area contributed by atoms with Crippen LogP contribution in [0.1, 0.15) is 42.6 Å². The highest BCUT2D eigenvalue weighted by atomic mass is 16.5. The second kappa shape index (κ2) is 4.74. The van der Waals surface area contributed by atoms with Gasteiger partial charge in [-0.25, -0.2) is 0 Å². The van der Waals surface area contributed by atoms with Gasteiger partial charge < -0.3 is 20.1 Å². The van der Waals surface area contributed by atoms with E-state index in [9.17, 15) is 20.1 Å². The maximum atomic E-state index is 11.8. The number of Topliss-reactive ketones (excluding diaryl/α,β-unsaturated/α-hetero) is 1. The molecule has 1 heterocycles. The Kier molecular flexibility index (Phi) is 3.41. The van der Waals surface area contributed by atoms with Crippen molar-refractivity contribution in [3.05, 3.63) is 17.2 Å². The largest absolute Gasteiger partial charge is 0.507 e. The molecule has 0 fully saturated rings. The lowest BCUT2D eigenvalue weighted by Crippen LogP contribution is -2.20. The molecule has 2 rings (SSSR count). The molecule has 1 aliphatic heterocycles. The number of benzene rings is 1. The third kappa shape index (κ3) is 2.81. The minimum atomic E-state index is -0.907. The number of ether oxygens (including phenoxy) is 1. The number of phenolic OH excluding ortho intramolecular Hbond substituents is 2. The first kappa shape index (κ1) is 13.7. The van der Waals surface area contributed by atoms with Gasteiger partial charge in [-0.3, -0.25) is 4.79 Å². The number of carbonyl (C=O) groups excluding carboxylic acids is 1. The number of rotatable bonds is 3. The molecule has 0 bridgehead atoms. The quantitative estimate of drug-likeness (QED) is 0.776. The summed E-state index contributed by atoms with van der Waals surface area (Å²) in [5.41, 5.74) is -0.496. The molecule has 5 nitrogen and oxygen atoms in total. The molecule has 1 aromatic carbocycles. The van der Waals surface area contributed by atoms with Crippen LogP contribution in [0.15, 0.2) is 6.07 Å². The summed E-state index contributed by atoms with van der Waals surface area (Å²) in [6.45, 7) is 3.55. The van der Waals surface area contributed by atoms with Gasteiger partial charge in [-0.2, -0.15) is 0 Å². The lowest BCUT2D eigenvalue weighted by Gasteiger charge is -2.22. The number of phenols is 2. The molecule has 0 aliphatic carbocycles. The molecule has 0 aromatic heterocycles. The Morgan fingerprint density at radius 3 is 2.68 bits per heavy atom. The number of fused-ring (bicyclic) bond motifs is 1. The summed E-state index contributed by atoms with van der Waals surface area (Å²) in [5, 5.41) is 29.7. The average molecular weight is 266 g/mol. The lowest BCUT2D eigenvalue weighted by molar-refractivity contribution is 0.0711. The first-order valence-corrected chi connectivity index (χ1v) is 6.26. The Balaban J connectivity index is 2.39. The van der Waals surface area contributed by atoms with Crippen molar-refractivity contribution in [1.82, 2.24) is 0 Å². The van der Waals surface area contributed by atoms with Gasteiger partial charge in [-0.1, -0.05) is 0 Å². The molecule has 0 spiro atoms. The topological polar surface area (TPSA) is 87.0 Å². The first-order valence-electron chi connectivity index (χ1n) is 6.26. The number of aromatic hydroxyl groups is 2. The van der Waals surface area contributed by atoms with Crippen LogP contribution in [0.4, 0.5) is 0 Å². The van der Waals surface area contributed by atoms with Gasteiger partial charge >= 0.3 is 0 Å². The van der Waals surface area contributed by atoms with E-state index >= 15 is 0 Å². The molecule has 3 N–H and O–H groups in total. The van der Waals surface area contributed by atoms with Crippen molar-refractivity contribution < 1.29 is 24.9 Å². The monoisotopic (exact) mass is 266 g/mol. The van der Waals surface area contributed by atoms with Crippen LogP contribution in [0.5, 0.6) is 17.2 Å². The standard InChI is InChI=1S/C14H18O5/c1-14(2,18)5-3-8-10(16)7-11-12(13(8)17)9(15)4-6-19-11/h7,16-18H,3-6H2,1-2H3. The minimum Gasteiger partial charge on any atom is -0.507 e. The third-order valence-corrected chi connectivity index (χ3v) is 3.20. The Morgan fingerprint density at radius 2 is 2.05 bits per heavy atom. The second-order valence-electron chi connectivity index (χ2n) is 5.43. The highest BCUT2D eigenvalue weighted by Crippen LogP contribution is 2.41. The van der Waals surface area contributed by atoms with Crippen molar-refractivity contribution in [3.63, 3.8) is 0 Å². The zero-order chi connectivity index (χ0) is 14.2. The lowest BCUT2D eigenvalue weighted by atomic mass is 9.93. The highest BCUT2D eigenvalue weighted by molar-refractivity contribution is 6.02. The summed E-state index contributed by atoms with van der Waals surface area (Å²) in [5.74, 6) is -0.319. The maximum absolute atomic E-state index is 11.8. The Hall–Kier alpha value is -1.75. The molecule has 19 heavy (non-hydrogen) atoms. The van der Waals surface area contributed by atoms with E-state index in [2.05, 4.69) is 0 Å². The number of hydrogen-bond acceptors (Lipinski definition) is 5. The fraction of sp³-hybridized carbons (Fsp3) is 0.500. The molecule has 0 radical (unpaired) electrons. The molecule has 0 amide bonds. The van der Waals surface area contributed by atoms with Crippen LogP contribution in [-0.2, 0) is 6.42 Å². The van der Waals surface area contributed by atoms with E-state index in [4.69, 9.17) is 4.74 Å². The Morgan fingerprint density at radius 1 is 1.37 bits per heavy atom. The molecule has 1 aliphatic rings. The Labute approximate surface area is 111 Å². The first-order chi connectivity index (χ1) is 8.79. The van der Waals surface area contributed by atoms with Crippen LogP contribution >= 0.6 is 0 Å². The number of aliphatic hydroxyl groups is 1. The molecule has 0 unspecified atom stereocenters. The van der Waals surface area contributed by atoms with E-state index in [1.54, 1.807) is 13.8 Å². The highest BCUT2D eigenvalue weighted by Gasteiger charge is 2.27. The van der Waals surface area contributed by atoms with Crippen molar-refractivity contribution in [2.45, 2.75) is 38.7 Å². The summed E-state index contributed by atoms with van der Waals surface area (Å²) >= 11 is 0. The SMILES string of the molecule is CC(C)(O)CCc1c(O)cc2c(c1O)C(=O)CCO2. The maximum Gasteiger partial charge on any atom is 0.173 e. The normalized spacial score (nSPS) is 15.0. The van der Waals surface area contributed by atoms with E-state index in [-0.39, 0.29) is 53.6 Å². The van der Waals surface area contributed by atoms with Gasteiger partial charge in [-0.05, 0) is 26.7 Å². The summed E-state index contributed by atoms with van der Waals surface area (Å²) in [4.78, 5) is 11.8. The Bertz CT molecular complexity index is 514. The van der Waals surface area contributed by atoms with Crippen molar-refractivity contribution in [2.75, 3.05) is 6.61 Å². The summed E-state index contributed by atoms with van der Waals surface area (Å²) in [6, 6.07) is 1.35. The van der Waals surface area contributed by atoms with Crippen LogP contribution in [0.2, 0.25) is 0 Å². The van der Waals surface area contributed by atoms with Gasteiger partial charge in [-0.15, -0.1) is 0 Å². The number of ketones is 1. The van der Waals surface area contributed by atoms with E-state index in [0.29, 0.717) is 6.42 Å². The van der Waals surface area contributed by atoms with Crippen molar-refractivity contribution in [1.29, 1.82) is 0 Å². The minimum absolute atomic E-state index is 0.116. The predicted octanol–water partition coefficient (Wildman–Crippen LogP) is 1.77. The molecule has 1 aromatic rings. The summed E-state index contributed by atoms with van der Waals surface area (Å²) < 4.78 is 5.27. The summed E-state index contributed by atoms with van der Waals surface area (Å²) in [7, 11) is 0. The van der Waals surface area contributed by atoms with Crippen LogP contribution in [0.3, 0.4) is 0 Å². The molecular formula is C14H18O5. The van der Waals surface area contributed by atoms with Gasteiger partial charge in [0.05, 0.1) is 12.2 Å².